The number of hydrogen-bond acceptors (Lipinski definition) is 5. The predicted octanol–water partition coefficient (Wildman–Crippen LogP) is 4.26. The minimum Gasteiger partial charge on any atom is -0.496 e. The topological polar surface area (TPSA) is 69.0 Å². The van der Waals surface area contributed by atoms with Crippen LogP contribution in [0.25, 0.3) is 11.4 Å². The number of hydrogen-bond donors (Lipinski definition) is 1. The summed E-state index contributed by atoms with van der Waals surface area (Å²) in [6.07, 6.45) is 1.78. The molecule has 0 bridgehead atoms. The zero-order chi connectivity index (χ0) is 19.9. The highest BCUT2D eigenvalue weighted by Crippen LogP contribution is 2.32. The monoisotopic (exact) mass is 394 g/mol. The highest BCUT2D eigenvalue weighted by Gasteiger charge is 2.21. The average Bonchev–Trinajstić information content (AvgIpc) is 3.11. The van der Waals surface area contributed by atoms with Crippen molar-refractivity contribution in [3.63, 3.8) is 0 Å². The molecule has 0 saturated heterocycles. The molecule has 3 aromatic rings. The summed E-state index contributed by atoms with van der Waals surface area (Å²) < 4.78 is 7.38. The number of nitrogens with one attached hydrogen (secondary N) is 1. The molecule has 7 heteroatoms. The van der Waals surface area contributed by atoms with Gasteiger partial charge in [0.25, 0.3) is 0 Å². The number of thioether (sulfide) groups is 1. The maximum atomic E-state index is 12.5. The standard InChI is InChI=1S/C21H22N4O2S/c1-4-14-25-19(17-12-8-9-13-18(17)27-3)23-24-21(25)28-15(2)20(26)22-16-10-6-5-7-11-16/h4-13,15H,1,14H2,2-3H3,(H,22,26)/t15-/m1/s1. The summed E-state index contributed by atoms with van der Waals surface area (Å²) in [6.45, 7) is 6.20. The van der Waals surface area contributed by atoms with Gasteiger partial charge in [0, 0.05) is 12.2 Å². The molecule has 6 nitrogen and oxygen atoms in total. The van der Waals surface area contributed by atoms with E-state index in [-0.39, 0.29) is 11.2 Å². The van der Waals surface area contributed by atoms with Crippen LogP contribution >= 0.6 is 11.8 Å². The zero-order valence-electron chi connectivity index (χ0n) is 15.8. The Labute approximate surface area is 168 Å². The second-order valence-corrected chi connectivity index (χ2v) is 7.33. The van der Waals surface area contributed by atoms with Crippen LogP contribution in [-0.2, 0) is 11.3 Å². The fourth-order valence-corrected chi connectivity index (χ4v) is 3.53. The Hall–Kier alpha value is -3.06. The van der Waals surface area contributed by atoms with Crippen LogP contribution in [0.15, 0.2) is 72.4 Å². The largest absolute Gasteiger partial charge is 0.496 e. The molecule has 3 rings (SSSR count). The van der Waals surface area contributed by atoms with Gasteiger partial charge in [0.1, 0.15) is 5.75 Å². The lowest BCUT2D eigenvalue weighted by atomic mass is 10.2. The van der Waals surface area contributed by atoms with Crippen LogP contribution in [0.3, 0.4) is 0 Å². The molecule has 0 radical (unpaired) electrons. The molecular formula is C21H22N4O2S. The van der Waals surface area contributed by atoms with Crippen molar-refractivity contribution in [3.8, 4) is 17.1 Å². The first-order valence-electron chi connectivity index (χ1n) is 8.84. The molecule has 0 fully saturated rings. The number of para-hydroxylation sites is 2. The van der Waals surface area contributed by atoms with Gasteiger partial charge in [0.05, 0.1) is 17.9 Å². The summed E-state index contributed by atoms with van der Waals surface area (Å²) in [5, 5.41) is 11.9. The molecule has 0 aliphatic rings. The summed E-state index contributed by atoms with van der Waals surface area (Å²) in [6, 6.07) is 17.0. The molecule has 1 N–H and O–H groups in total. The van der Waals surface area contributed by atoms with Crippen molar-refractivity contribution in [2.24, 2.45) is 0 Å². The lowest BCUT2D eigenvalue weighted by Gasteiger charge is -2.13. The van der Waals surface area contributed by atoms with Crippen LogP contribution in [-0.4, -0.2) is 33.0 Å². The van der Waals surface area contributed by atoms with Gasteiger partial charge in [-0.1, -0.05) is 48.2 Å². The quantitative estimate of drug-likeness (QED) is 0.457. The summed E-state index contributed by atoms with van der Waals surface area (Å²) in [5.41, 5.74) is 1.61. The van der Waals surface area contributed by atoms with Crippen molar-refractivity contribution in [3.05, 3.63) is 67.3 Å². The first kappa shape index (κ1) is 19.7. The van der Waals surface area contributed by atoms with E-state index >= 15 is 0 Å². The van der Waals surface area contributed by atoms with Crippen LogP contribution in [0.4, 0.5) is 5.69 Å². The number of amides is 1. The second kappa shape index (κ2) is 9.23. The van der Waals surface area contributed by atoms with Crippen LogP contribution in [0.5, 0.6) is 5.75 Å². The van der Waals surface area contributed by atoms with E-state index in [2.05, 4.69) is 22.1 Å². The summed E-state index contributed by atoms with van der Waals surface area (Å²) in [4.78, 5) is 12.5. The lowest BCUT2D eigenvalue weighted by molar-refractivity contribution is -0.115. The fraction of sp³-hybridized carbons (Fsp3) is 0.190. The third-order valence-corrected chi connectivity index (χ3v) is 5.15. The van der Waals surface area contributed by atoms with Gasteiger partial charge >= 0.3 is 0 Å². The molecule has 0 aliphatic heterocycles. The van der Waals surface area contributed by atoms with Gasteiger partial charge in [-0.25, -0.2) is 0 Å². The van der Waals surface area contributed by atoms with Crippen molar-refractivity contribution in [2.45, 2.75) is 23.9 Å². The van der Waals surface area contributed by atoms with E-state index in [0.717, 1.165) is 11.3 Å². The maximum Gasteiger partial charge on any atom is 0.237 e. The highest BCUT2D eigenvalue weighted by molar-refractivity contribution is 8.00. The number of carbonyl (C=O) groups excluding carboxylic acids is 1. The SMILES string of the molecule is C=CCn1c(S[C@H](C)C(=O)Nc2ccccc2)nnc1-c1ccccc1OC. The number of aromatic nitrogens is 3. The molecule has 28 heavy (non-hydrogen) atoms. The molecule has 1 aromatic heterocycles. The smallest absolute Gasteiger partial charge is 0.237 e. The normalized spacial score (nSPS) is 11.6. The number of anilines is 1. The maximum absolute atomic E-state index is 12.5. The molecular weight excluding hydrogens is 372 g/mol. The van der Waals surface area contributed by atoms with Crippen molar-refractivity contribution < 1.29 is 9.53 Å². The molecule has 0 saturated carbocycles. The van der Waals surface area contributed by atoms with Crippen LogP contribution in [0.2, 0.25) is 0 Å². The second-order valence-electron chi connectivity index (χ2n) is 6.02. The Morgan fingerprint density at radius 1 is 1.21 bits per heavy atom. The number of allylic oxidation sites excluding steroid dienone is 1. The molecule has 1 heterocycles. The minimum absolute atomic E-state index is 0.0943. The molecule has 1 amide bonds. The van der Waals surface area contributed by atoms with Gasteiger partial charge in [0.2, 0.25) is 5.91 Å². The third kappa shape index (κ3) is 4.43. The van der Waals surface area contributed by atoms with E-state index in [1.807, 2.05) is 66.1 Å². The van der Waals surface area contributed by atoms with E-state index in [1.54, 1.807) is 13.2 Å². The van der Waals surface area contributed by atoms with E-state index < -0.39 is 0 Å². The zero-order valence-corrected chi connectivity index (χ0v) is 16.6. The van der Waals surface area contributed by atoms with E-state index in [4.69, 9.17) is 4.74 Å². The summed E-state index contributed by atoms with van der Waals surface area (Å²) in [5.74, 6) is 1.30. The van der Waals surface area contributed by atoms with Crippen LogP contribution in [0, 0.1) is 0 Å². The summed E-state index contributed by atoms with van der Waals surface area (Å²) >= 11 is 1.36. The third-order valence-electron chi connectivity index (χ3n) is 4.07. The van der Waals surface area contributed by atoms with Crippen LogP contribution in [0.1, 0.15) is 6.92 Å². The Kier molecular flexibility index (Phi) is 6.49. The van der Waals surface area contributed by atoms with Gasteiger partial charge in [-0.15, -0.1) is 16.8 Å². The van der Waals surface area contributed by atoms with E-state index in [0.29, 0.717) is 23.3 Å². The number of ether oxygens (including phenoxy) is 1. The van der Waals surface area contributed by atoms with Gasteiger partial charge in [-0.3, -0.25) is 9.36 Å². The Morgan fingerprint density at radius 3 is 2.64 bits per heavy atom. The Morgan fingerprint density at radius 2 is 1.93 bits per heavy atom. The van der Waals surface area contributed by atoms with Gasteiger partial charge in [0.15, 0.2) is 11.0 Å². The number of benzene rings is 2. The van der Waals surface area contributed by atoms with Crippen molar-refractivity contribution in [1.29, 1.82) is 0 Å². The average molecular weight is 395 g/mol. The first-order chi connectivity index (χ1) is 13.6. The lowest BCUT2D eigenvalue weighted by Crippen LogP contribution is -2.22. The van der Waals surface area contributed by atoms with Gasteiger partial charge < -0.3 is 10.1 Å². The van der Waals surface area contributed by atoms with Crippen molar-refractivity contribution in [2.75, 3.05) is 12.4 Å². The Bertz CT molecular complexity index is 956. The fourth-order valence-electron chi connectivity index (χ4n) is 2.68. The first-order valence-corrected chi connectivity index (χ1v) is 9.72. The minimum atomic E-state index is -0.349. The van der Waals surface area contributed by atoms with Gasteiger partial charge in [-0.05, 0) is 31.2 Å². The van der Waals surface area contributed by atoms with E-state index in [9.17, 15) is 4.79 Å². The molecule has 0 aliphatic carbocycles. The highest BCUT2D eigenvalue weighted by atomic mass is 32.2. The number of rotatable bonds is 8. The molecule has 0 spiro atoms. The molecule has 0 unspecified atom stereocenters. The number of methoxy groups -OCH3 is 1. The van der Waals surface area contributed by atoms with Crippen molar-refractivity contribution >= 4 is 23.4 Å². The molecule has 144 valence electrons. The number of nitrogens with zero attached hydrogens (tertiary/aromatic N) is 3. The molecule has 2 aromatic carbocycles. The summed E-state index contributed by atoms with van der Waals surface area (Å²) in [7, 11) is 1.62. The van der Waals surface area contributed by atoms with Crippen molar-refractivity contribution in [1.82, 2.24) is 14.8 Å². The Balaban J connectivity index is 1.83. The molecule has 1 atom stereocenters. The van der Waals surface area contributed by atoms with Crippen LogP contribution < -0.4 is 10.1 Å². The predicted molar refractivity (Wildman–Crippen MR) is 113 cm³/mol. The number of carbonyl (C=O) groups is 1. The van der Waals surface area contributed by atoms with Gasteiger partial charge in [-0.2, -0.15) is 0 Å². The van der Waals surface area contributed by atoms with E-state index in [1.165, 1.54) is 11.8 Å².